The zero-order chi connectivity index (χ0) is 19.6. The van der Waals surface area contributed by atoms with Crippen molar-refractivity contribution in [2.45, 2.75) is 40.2 Å². The second-order valence-electron chi connectivity index (χ2n) is 7.20. The number of rotatable bonds is 5. The van der Waals surface area contributed by atoms with E-state index < -0.39 is 5.97 Å². The van der Waals surface area contributed by atoms with Gasteiger partial charge in [-0.1, -0.05) is 19.9 Å². The average Bonchev–Trinajstić information content (AvgIpc) is 2.64. The summed E-state index contributed by atoms with van der Waals surface area (Å²) in [5.41, 5.74) is 3.08. The van der Waals surface area contributed by atoms with Crippen LogP contribution in [0.15, 0.2) is 24.3 Å². The predicted molar refractivity (Wildman–Crippen MR) is 103 cm³/mol. The number of carbonyl (C=O) groups is 1. The van der Waals surface area contributed by atoms with E-state index in [1.807, 2.05) is 31.2 Å². The maximum atomic E-state index is 12.8. The van der Waals surface area contributed by atoms with Crippen molar-refractivity contribution in [2.75, 3.05) is 14.2 Å². The molecule has 0 atom stereocenters. The summed E-state index contributed by atoms with van der Waals surface area (Å²) in [4.78, 5) is 12.8. The topological polar surface area (TPSA) is 54.0 Å². The molecule has 0 saturated heterocycles. The molecule has 0 aliphatic carbocycles. The monoisotopic (exact) mass is 370 g/mol. The van der Waals surface area contributed by atoms with Crippen molar-refractivity contribution >= 4 is 5.97 Å². The van der Waals surface area contributed by atoms with Crippen LogP contribution in [0.2, 0.25) is 0 Å². The maximum Gasteiger partial charge on any atom is 0.346 e. The summed E-state index contributed by atoms with van der Waals surface area (Å²) < 4.78 is 22.8. The molecule has 27 heavy (non-hydrogen) atoms. The largest absolute Gasteiger partial charge is 0.495 e. The van der Waals surface area contributed by atoms with Crippen molar-refractivity contribution in [2.24, 2.45) is 5.92 Å². The minimum atomic E-state index is -0.445. The minimum Gasteiger partial charge on any atom is -0.495 e. The second kappa shape index (κ2) is 7.91. The highest BCUT2D eigenvalue weighted by Gasteiger charge is 2.28. The summed E-state index contributed by atoms with van der Waals surface area (Å²) >= 11 is 0. The van der Waals surface area contributed by atoms with E-state index >= 15 is 0 Å². The summed E-state index contributed by atoms with van der Waals surface area (Å²) in [6.45, 7) is 6.41. The van der Waals surface area contributed by atoms with Crippen LogP contribution in [0.1, 0.15) is 47.3 Å². The fourth-order valence-corrected chi connectivity index (χ4v) is 3.27. The number of hydrogen-bond acceptors (Lipinski definition) is 5. The molecule has 5 nitrogen and oxygen atoms in total. The number of methoxy groups -OCH3 is 2. The van der Waals surface area contributed by atoms with Gasteiger partial charge in [0.25, 0.3) is 0 Å². The Morgan fingerprint density at radius 3 is 2.59 bits per heavy atom. The first-order valence-electron chi connectivity index (χ1n) is 9.17. The molecule has 0 bridgehead atoms. The molecule has 0 N–H and O–H groups in total. The van der Waals surface area contributed by atoms with Gasteiger partial charge in [0.2, 0.25) is 0 Å². The van der Waals surface area contributed by atoms with Crippen molar-refractivity contribution in [1.82, 2.24) is 0 Å². The first-order chi connectivity index (χ1) is 12.9. The standard InChI is InChI=1S/C22H26O5/c1-13(2)6-7-15-8-9-17-19(21(15)25-5)22(23)26-12-16-10-14(3)11-18(24-4)20(16)27-17/h8-11,13H,6-7,12H2,1-5H3. The van der Waals surface area contributed by atoms with Crippen molar-refractivity contribution in [3.8, 4) is 23.0 Å². The fourth-order valence-electron chi connectivity index (χ4n) is 3.27. The van der Waals surface area contributed by atoms with Gasteiger partial charge in [-0.25, -0.2) is 4.79 Å². The number of fused-ring (bicyclic) bond motifs is 2. The molecule has 3 rings (SSSR count). The van der Waals surface area contributed by atoms with Gasteiger partial charge in [-0.2, -0.15) is 0 Å². The van der Waals surface area contributed by atoms with Gasteiger partial charge in [0.1, 0.15) is 23.7 Å². The zero-order valence-electron chi connectivity index (χ0n) is 16.5. The van der Waals surface area contributed by atoms with Crippen LogP contribution in [0, 0.1) is 12.8 Å². The van der Waals surface area contributed by atoms with Crippen molar-refractivity contribution in [1.29, 1.82) is 0 Å². The molecule has 1 aliphatic heterocycles. The molecule has 0 spiro atoms. The molecule has 0 fully saturated rings. The van der Waals surface area contributed by atoms with Crippen LogP contribution in [-0.2, 0) is 17.8 Å². The van der Waals surface area contributed by atoms with E-state index in [0.717, 1.165) is 29.5 Å². The molecular formula is C22H26O5. The van der Waals surface area contributed by atoms with Gasteiger partial charge in [0, 0.05) is 5.56 Å². The smallest absolute Gasteiger partial charge is 0.346 e. The van der Waals surface area contributed by atoms with Gasteiger partial charge in [-0.3, -0.25) is 0 Å². The molecule has 1 aliphatic rings. The molecule has 0 saturated carbocycles. The second-order valence-corrected chi connectivity index (χ2v) is 7.20. The van der Waals surface area contributed by atoms with E-state index in [2.05, 4.69) is 13.8 Å². The number of carbonyl (C=O) groups excluding carboxylic acids is 1. The molecule has 2 aromatic carbocycles. The summed E-state index contributed by atoms with van der Waals surface area (Å²) in [6, 6.07) is 7.60. The van der Waals surface area contributed by atoms with Crippen molar-refractivity contribution < 1.29 is 23.7 Å². The van der Waals surface area contributed by atoms with Crippen LogP contribution < -0.4 is 14.2 Å². The lowest BCUT2D eigenvalue weighted by molar-refractivity contribution is 0.0454. The quantitative estimate of drug-likeness (QED) is 0.688. The lowest BCUT2D eigenvalue weighted by Crippen LogP contribution is -2.14. The van der Waals surface area contributed by atoms with E-state index in [0.29, 0.717) is 34.5 Å². The third-order valence-corrected chi connectivity index (χ3v) is 4.67. The maximum absolute atomic E-state index is 12.8. The SMILES string of the molecule is COc1cc(C)cc2c1Oc1ccc(CCC(C)C)c(OC)c1C(=O)OC2. The first-order valence-corrected chi connectivity index (χ1v) is 9.17. The van der Waals surface area contributed by atoms with Gasteiger partial charge >= 0.3 is 5.97 Å². The predicted octanol–water partition coefficient (Wildman–Crippen LogP) is 5.06. The molecular weight excluding hydrogens is 344 g/mol. The van der Waals surface area contributed by atoms with E-state index in [1.54, 1.807) is 14.2 Å². The molecule has 5 heteroatoms. The Kier molecular flexibility index (Phi) is 5.59. The molecule has 1 heterocycles. The lowest BCUT2D eigenvalue weighted by atomic mass is 9.99. The Morgan fingerprint density at radius 1 is 1.15 bits per heavy atom. The molecule has 0 amide bonds. The van der Waals surface area contributed by atoms with Gasteiger partial charge in [-0.15, -0.1) is 0 Å². The van der Waals surface area contributed by atoms with Crippen LogP contribution >= 0.6 is 0 Å². The van der Waals surface area contributed by atoms with Gasteiger partial charge in [0.15, 0.2) is 11.5 Å². The number of hydrogen-bond donors (Lipinski definition) is 0. The van der Waals surface area contributed by atoms with Crippen molar-refractivity contribution in [3.05, 3.63) is 46.5 Å². The summed E-state index contributed by atoms with van der Waals surface area (Å²) in [7, 11) is 3.16. The number of ether oxygens (including phenoxy) is 4. The van der Waals surface area contributed by atoms with Crippen molar-refractivity contribution in [3.63, 3.8) is 0 Å². The average molecular weight is 370 g/mol. The Morgan fingerprint density at radius 2 is 1.93 bits per heavy atom. The highest BCUT2D eigenvalue weighted by Crippen LogP contribution is 2.43. The van der Waals surface area contributed by atoms with Crippen LogP contribution in [0.5, 0.6) is 23.0 Å². The van der Waals surface area contributed by atoms with E-state index in [1.165, 1.54) is 0 Å². The summed E-state index contributed by atoms with van der Waals surface area (Å²) in [5.74, 6) is 2.21. The van der Waals surface area contributed by atoms with Crippen LogP contribution in [0.3, 0.4) is 0 Å². The highest BCUT2D eigenvalue weighted by molar-refractivity contribution is 5.96. The van der Waals surface area contributed by atoms with Crippen LogP contribution in [-0.4, -0.2) is 20.2 Å². The lowest BCUT2D eigenvalue weighted by Gasteiger charge is -2.23. The third-order valence-electron chi connectivity index (χ3n) is 4.67. The Hall–Kier alpha value is -2.69. The number of cyclic esters (lactones) is 1. The summed E-state index contributed by atoms with van der Waals surface area (Å²) in [6.07, 6.45) is 1.82. The van der Waals surface area contributed by atoms with E-state index in [-0.39, 0.29) is 6.61 Å². The number of benzene rings is 2. The Bertz CT molecular complexity index is 854. The molecule has 2 aromatic rings. The van der Waals surface area contributed by atoms with E-state index in [9.17, 15) is 4.79 Å². The molecule has 0 unspecified atom stereocenters. The number of esters is 1. The van der Waals surface area contributed by atoms with E-state index in [4.69, 9.17) is 18.9 Å². The fraction of sp³-hybridized carbons (Fsp3) is 0.409. The molecule has 0 radical (unpaired) electrons. The molecule has 144 valence electrons. The molecule has 0 aromatic heterocycles. The van der Waals surface area contributed by atoms with Crippen LogP contribution in [0.4, 0.5) is 0 Å². The van der Waals surface area contributed by atoms with Gasteiger partial charge in [0.05, 0.1) is 14.2 Å². The number of aryl methyl sites for hydroxylation is 2. The Balaban J connectivity index is 2.10. The normalized spacial score (nSPS) is 13.0. The first kappa shape index (κ1) is 19.1. The summed E-state index contributed by atoms with van der Waals surface area (Å²) in [5, 5.41) is 0. The zero-order valence-corrected chi connectivity index (χ0v) is 16.5. The van der Waals surface area contributed by atoms with Crippen LogP contribution in [0.25, 0.3) is 0 Å². The van der Waals surface area contributed by atoms with Gasteiger partial charge < -0.3 is 18.9 Å². The highest BCUT2D eigenvalue weighted by atomic mass is 16.6. The Labute approximate surface area is 160 Å². The minimum absolute atomic E-state index is 0.116. The van der Waals surface area contributed by atoms with Gasteiger partial charge in [-0.05, 0) is 55.0 Å². The third kappa shape index (κ3) is 3.87.